The van der Waals surface area contributed by atoms with Crippen molar-refractivity contribution in [2.75, 3.05) is 0 Å². The molecule has 0 saturated carbocycles. The van der Waals surface area contributed by atoms with Crippen LogP contribution in [0.15, 0.2) is 72.8 Å². The maximum absolute atomic E-state index is 15.3. The average Bonchev–Trinajstić information content (AvgIpc) is 2.81. The molecule has 0 radical (unpaired) electrons. The van der Waals surface area contributed by atoms with Gasteiger partial charge in [-0.25, -0.2) is 0 Å². The number of benzene rings is 3. The molecule has 3 aromatic carbocycles. The van der Waals surface area contributed by atoms with Crippen LogP contribution >= 0.6 is 0 Å². The van der Waals surface area contributed by atoms with Crippen molar-refractivity contribution in [1.82, 2.24) is 0 Å². The van der Waals surface area contributed by atoms with Gasteiger partial charge in [0.1, 0.15) is 21.6 Å². The molecule has 0 saturated heterocycles. The first-order valence-electron chi connectivity index (χ1n) is 12.3. The Balaban J connectivity index is 2.32. The highest BCUT2D eigenvalue weighted by atomic mass is 28.3. The van der Waals surface area contributed by atoms with Gasteiger partial charge in [0, 0.05) is 11.1 Å². The zero-order chi connectivity index (χ0) is 29.3. The van der Waals surface area contributed by atoms with Crippen molar-refractivity contribution in [3.63, 3.8) is 0 Å². The smallest absolute Gasteiger partial charge is 0.169 e. The van der Waals surface area contributed by atoms with Crippen LogP contribution in [0, 0.1) is 22.9 Å². The van der Waals surface area contributed by atoms with E-state index in [0.29, 0.717) is 17.2 Å². The molecule has 204 valence electrons. The topological polar surface area (TPSA) is 0 Å². The van der Waals surface area contributed by atoms with Gasteiger partial charge in [0.25, 0.3) is 0 Å². The van der Waals surface area contributed by atoms with Crippen molar-refractivity contribution in [3.05, 3.63) is 106 Å². The van der Waals surface area contributed by atoms with Gasteiger partial charge < -0.3 is 0 Å². The normalized spacial score (nSPS) is 12.7. The van der Waals surface area contributed by atoms with Gasteiger partial charge in [-0.2, -0.15) is 26.3 Å². The second-order valence-electron chi connectivity index (χ2n) is 11.5. The zero-order valence-corrected chi connectivity index (χ0v) is 24.7. The van der Waals surface area contributed by atoms with E-state index in [1.807, 2.05) is 0 Å². The summed E-state index contributed by atoms with van der Waals surface area (Å²) in [5.41, 5.74) is 2.50. The lowest BCUT2D eigenvalue weighted by Gasteiger charge is -2.38. The summed E-state index contributed by atoms with van der Waals surface area (Å²) in [4.78, 5) is 0. The monoisotopic (exact) mass is 572 g/mol. The molecule has 8 heteroatoms. The van der Waals surface area contributed by atoms with Crippen LogP contribution in [0.5, 0.6) is 0 Å². The van der Waals surface area contributed by atoms with Crippen LogP contribution in [0.4, 0.5) is 26.3 Å². The van der Waals surface area contributed by atoms with Gasteiger partial charge in [-0.15, -0.1) is 11.1 Å². The predicted molar refractivity (Wildman–Crippen MR) is 151 cm³/mol. The van der Waals surface area contributed by atoms with Crippen LogP contribution in [-0.2, 0) is 11.6 Å². The predicted octanol–water partition coefficient (Wildman–Crippen LogP) is 9.06. The minimum atomic E-state index is -4.98. The number of alkyl halides is 6. The fourth-order valence-corrected chi connectivity index (χ4v) is 5.08. The Kier molecular flexibility index (Phi) is 8.36. The van der Waals surface area contributed by atoms with Crippen LogP contribution in [0.3, 0.4) is 0 Å². The van der Waals surface area contributed by atoms with Crippen molar-refractivity contribution in [1.29, 1.82) is 0 Å². The Morgan fingerprint density at radius 2 is 0.897 bits per heavy atom. The van der Waals surface area contributed by atoms with E-state index in [1.54, 1.807) is 0 Å². The Morgan fingerprint density at radius 3 is 1.23 bits per heavy atom. The molecule has 0 fully saturated rings. The first-order chi connectivity index (χ1) is 17.8. The Hall–Kier alpha value is -3.21. The van der Waals surface area contributed by atoms with Gasteiger partial charge in [-0.1, -0.05) is 93.6 Å². The quantitative estimate of drug-likeness (QED) is 0.127. The van der Waals surface area contributed by atoms with Crippen molar-refractivity contribution in [2.45, 2.75) is 57.0 Å². The molecule has 3 aromatic rings. The van der Waals surface area contributed by atoms with Gasteiger partial charge in [-0.3, -0.25) is 0 Å². The zero-order valence-electron chi connectivity index (χ0n) is 22.7. The number of hydrogen-bond acceptors (Lipinski definition) is 0. The van der Waals surface area contributed by atoms with Crippen molar-refractivity contribution >= 4 is 16.1 Å². The highest BCUT2D eigenvalue weighted by Gasteiger charge is 2.58. The molecule has 0 unspecified atom stereocenters. The molecule has 0 heterocycles. The molecule has 39 heavy (non-hydrogen) atoms. The summed E-state index contributed by atoms with van der Waals surface area (Å²) in [5.74, 6) is 6.03. The summed E-state index contributed by atoms with van der Waals surface area (Å²) in [5, 5.41) is 0. The summed E-state index contributed by atoms with van der Waals surface area (Å²) in [7, 11) is -3.46. The first kappa shape index (κ1) is 30.3. The molecule has 0 aliphatic carbocycles. The summed E-state index contributed by atoms with van der Waals surface area (Å²) in [6, 6.07) is 14.7. The molecule has 0 amide bonds. The second kappa shape index (κ2) is 10.8. The SMILES string of the molecule is C[Si](C)(C)C#Cc1ccc(C(c2ccc(C#C[Si](C)(C)C)cc2)(c2cccc(C(F)(F)F)c2)C(F)(F)F)cc1. The summed E-state index contributed by atoms with van der Waals surface area (Å²) in [6.07, 6.45) is -9.78. The van der Waals surface area contributed by atoms with Crippen LogP contribution in [0.2, 0.25) is 39.3 Å². The fourth-order valence-electron chi connectivity index (χ4n) is 4.05. The lowest BCUT2D eigenvalue weighted by atomic mass is 9.68. The van der Waals surface area contributed by atoms with E-state index < -0.39 is 45.0 Å². The Bertz CT molecular complexity index is 1350. The van der Waals surface area contributed by atoms with E-state index >= 15 is 13.2 Å². The minimum absolute atomic E-state index is 0.200. The van der Waals surface area contributed by atoms with Gasteiger partial charge in [0.15, 0.2) is 0 Å². The molecule has 0 nitrogen and oxygen atoms in total. The van der Waals surface area contributed by atoms with Crippen LogP contribution in [0.1, 0.15) is 33.4 Å². The largest absolute Gasteiger partial charge is 0.416 e. The lowest BCUT2D eigenvalue weighted by Crippen LogP contribution is -2.44. The first-order valence-corrected chi connectivity index (χ1v) is 19.3. The molecule has 3 rings (SSSR count). The van der Waals surface area contributed by atoms with E-state index in [-0.39, 0.29) is 11.1 Å². The van der Waals surface area contributed by atoms with Gasteiger partial charge in [0.05, 0.1) is 5.56 Å². The number of hydrogen-bond donors (Lipinski definition) is 0. The minimum Gasteiger partial charge on any atom is -0.169 e. The third-order valence-electron chi connectivity index (χ3n) is 5.85. The average molecular weight is 573 g/mol. The highest BCUT2D eigenvalue weighted by molar-refractivity contribution is 6.84. The molecular formula is C31H30F6Si2. The summed E-state index contributed by atoms with van der Waals surface area (Å²) >= 11 is 0. The fraction of sp³-hybridized carbons (Fsp3) is 0.290. The van der Waals surface area contributed by atoms with Gasteiger partial charge in [-0.05, 0) is 47.0 Å². The summed E-state index contributed by atoms with van der Waals surface area (Å²) < 4.78 is 86.9. The third kappa shape index (κ3) is 7.26. The Labute approximate surface area is 228 Å². The molecule has 0 bridgehead atoms. The molecule has 0 aliphatic heterocycles. The van der Waals surface area contributed by atoms with E-state index in [1.165, 1.54) is 48.5 Å². The maximum atomic E-state index is 15.3. The Morgan fingerprint density at radius 1 is 0.513 bits per heavy atom. The molecular weight excluding hydrogens is 543 g/mol. The van der Waals surface area contributed by atoms with Crippen molar-refractivity contribution in [3.8, 4) is 22.9 Å². The van der Waals surface area contributed by atoms with Gasteiger partial charge >= 0.3 is 12.4 Å². The molecule has 0 aliphatic rings. The maximum Gasteiger partial charge on any atom is 0.416 e. The lowest BCUT2D eigenvalue weighted by molar-refractivity contribution is -0.167. The summed E-state index contributed by atoms with van der Waals surface area (Å²) in [6.45, 7) is 12.3. The third-order valence-corrected chi connectivity index (χ3v) is 7.60. The molecule has 0 atom stereocenters. The second-order valence-corrected chi connectivity index (χ2v) is 21.0. The van der Waals surface area contributed by atoms with Crippen molar-refractivity contribution < 1.29 is 26.3 Å². The van der Waals surface area contributed by atoms with Crippen LogP contribution in [-0.4, -0.2) is 22.3 Å². The van der Waals surface area contributed by atoms with Crippen molar-refractivity contribution in [2.24, 2.45) is 0 Å². The molecule has 0 N–H and O–H groups in total. The highest BCUT2D eigenvalue weighted by Crippen LogP contribution is 2.52. The van der Waals surface area contributed by atoms with Crippen LogP contribution in [0.25, 0.3) is 0 Å². The van der Waals surface area contributed by atoms with Crippen LogP contribution < -0.4 is 0 Å². The molecule has 0 aromatic heterocycles. The van der Waals surface area contributed by atoms with E-state index in [4.69, 9.17) is 0 Å². The standard InChI is InChI=1S/C31H30F6Si2/c1-38(2,3)20-18-23-10-14-25(15-11-23)29(31(35,36)37,27-8-7-9-28(22-27)30(32,33)34)26-16-12-24(13-17-26)19-21-39(4,5)6/h7-17,22H,1-6H3. The number of halogens is 6. The number of rotatable bonds is 3. The van der Waals surface area contributed by atoms with E-state index in [2.05, 4.69) is 62.2 Å². The van der Waals surface area contributed by atoms with E-state index in [0.717, 1.165) is 18.2 Å². The van der Waals surface area contributed by atoms with E-state index in [9.17, 15) is 13.2 Å². The molecule has 0 spiro atoms. The van der Waals surface area contributed by atoms with Gasteiger partial charge in [0.2, 0.25) is 0 Å².